The predicted molar refractivity (Wildman–Crippen MR) is 88.7 cm³/mol. The number of hydrogen-bond acceptors (Lipinski definition) is 4. The largest absolute Gasteiger partial charge is 0.359 e. The molecular weight excluding hydrogens is 328 g/mol. The van der Waals surface area contributed by atoms with E-state index in [4.69, 9.17) is 0 Å². The molecule has 8 heteroatoms. The van der Waals surface area contributed by atoms with E-state index in [1.54, 1.807) is 48.3 Å². The lowest BCUT2D eigenvalue weighted by Crippen LogP contribution is -2.42. The lowest BCUT2D eigenvalue weighted by molar-refractivity contribution is -0.121. The molecule has 2 heterocycles. The van der Waals surface area contributed by atoms with E-state index in [0.717, 1.165) is 11.3 Å². The van der Waals surface area contributed by atoms with Gasteiger partial charge >= 0.3 is 0 Å². The number of carbonyl (C=O) groups excluding carboxylic acids is 1. The van der Waals surface area contributed by atoms with Crippen LogP contribution in [0.5, 0.6) is 0 Å². The molecule has 0 unspecified atom stereocenters. The molecule has 0 spiro atoms. The van der Waals surface area contributed by atoms with Gasteiger partial charge in [-0.05, 0) is 25.1 Å². The Morgan fingerprint density at radius 2 is 2.00 bits per heavy atom. The summed E-state index contributed by atoms with van der Waals surface area (Å²) in [5, 5.41) is 6.82. The quantitative estimate of drug-likeness (QED) is 0.896. The van der Waals surface area contributed by atoms with Crippen molar-refractivity contribution in [1.29, 1.82) is 0 Å². The van der Waals surface area contributed by atoms with Crippen LogP contribution in [0.4, 0.5) is 0 Å². The number of nitrogens with one attached hydrogen (secondary N) is 1. The maximum atomic E-state index is 12.9. The number of amides is 1. The van der Waals surface area contributed by atoms with Gasteiger partial charge in [-0.2, -0.15) is 9.40 Å². The highest BCUT2D eigenvalue weighted by molar-refractivity contribution is 7.89. The number of nitrogens with zero attached hydrogens (tertiary/aromatic N) is 3. The second kappa shape index (κ2) is 6.37. The fourth-order valence-electron chi connectivity index (χ4n) is 2.86. The van der Waals surface area contributed by atoms with E-state index in [-0.39, 0.29) is 36.4 Å². The molecule has 2 aromatic rings. The third-order valence-electron chi connectivity index (χ3n) is 4.21. The van der Waals surface area contributed by atoms with E-state index in [1.165, 1.54) is 4.31 Å². The summed E-state index contributed by atoms with van der Waals surface area (Å²) in [5.74, 6) is -0.143. The highest BCUT2D eigenvalue weighted by atomic mass is 32.2. The third kappa shape index (κ3) is 3.07. The summed E-state index contributed by atoms with van der Waals surface area (Å²) in [4.78, 5) is 12.0. The van der Waals surface area contributed by atoms with Crippen LogP contribution in [0.2, 0.25) is 0 Å². The molecule has 1 aromatic carbocycles. The average molecular weight is 348 g/mol. The molecule has 0 radical (unpaired) electrons. The SMILES string of the molecule is CNC(=O)C[C@H]1CN(S(=O)(=O)c2ccc(C)cc2)Cc2ccnn21. The van der Waals surface area contributed by atoms with E-state index in [9.17, 15) is 13.2 Å². The van der Waals surface area contributed by atoms with Crippen molar-refractivity contribution in [2.75, 3.05) is 13.6 Å². The van der Waals surface area contributed by atoms with Crippen LogP contribution in [0.3, 0.4) is 0 Å². The van der Waals surface area contributed by atoms with Crippen molar-refractivity contribution in [3.63, 3.8) is 0 Å². The van der Waals surface area contributed by atoms with Gasteiger partial charge in [0.2, 0.25) is 15.9 Å². The average Bonchev–Trinajstić information content (AvgIpc) is 3.04. The Bertz CT molecular complexity index is 842. The van der Waals surface area contributed by atoms with Gasteiger partial charge in [-0.15, -0.1) is 0 Å². The Labute approximate surface area is 141 Å². The fourth-order valence-corrected chi connectivity index (χ4v) is 4.31. The van der Waals surface area contributed by atoms with Crippen molar-refractivity contribution in [2.45, 2.75) is 30.8 Å². The smallest absolute Gasteiger partial charge is 0.243 e. The molecule has 0 fully saturated rings. The zero-order valence-corrected chi connectivity index (χ0v) is 14.5. The Morgan fingerprint density at radius 1 is 1.29 bits per heavy atom. The molecule has 1 aliphatic rings. The van der Waals surface area contributed by atoms with E-state index >= 15 is 0 Å². The van der Waals surface area contributed by atoms with Crippen LogP contribution in [0.25, 0.3) is 0 Å². The minimum atomic E-state index is -3.61. The number of fused-ring (bicyclic) bond motifs is 1. The summed E-state index contributed by atoms with van der Waals surface area (Å²) in [5.41, 5.74) is 1.79. The Hall–Kier alpha value is -2.19. The molecule has 128 valence electrons. The Kier molecular flexibility index (Phi) is 4.42. The van der Waals surface area contributed by atoms with E-state index in [2.05, 4.69) is 10.4 Å². The minimum absolute atomic E-state index is 0.143. The first kappa shape index (κ1) is 16.7. The van der Waals surface area contributed by atoms with Gasteiger partial charge in [-0.1, -0.05) is 17.7 Å². The van der Waals surface area contributed by atoms with Crippen LogP contribution in [0, 0.1) is 6.92 Å². The molecule has 0 bridgehead atoms. The van der Waals surface area contributed by atoms with Crippen LogP contribution in [0.15, 0.2) is 41.4 Å². The monoisotopic (exact) mass is 348 g/mol. The van der Waals surface area contributed by atoms with Gasteiger partial charge in [0.05, 0.1) is 29.6 Å². The fraction of sp³-hybridized carbons (Fsp3) is 0.375. The number of rotatable bonds is 4. The molecule has 0 aliphatic carbocycles. The Morgan fingerprint density at radius 3 is 2.67 bits per heavy atom. The van der Waals surface area contributed by atoms with Crippen LogP contribution >= 0.6 is 0 Å². The van der Waals surface area contributed by atoms with Gasteiger partial charge in [0.1, 0.15) is 0 Å². The second-order valence-electron chi connectivity index (χ2n) is 5.91. The lowest BCUT2D eigenvalue weighted by atomic mass is 10.1. The summed E-state index contributed by atoms with van der Waals surface area (Å²) >= 11 is 0. The molecular formula is C16H20N4O3S. The normalized spacial score (nSPS) is 18.2. The van der Waals surface area contributed by atoms with E-state index < -0.39 is 10.0 Å². The number of aryl methyl sites for hydroxylation is 1. The second-order valence-corrected chi connectivity index (χ2v) is 7.85. The Balaban J connectivity index is 1.92. The standard InChI is InChI=1S/C16H20N4O3S/c1-12-3-5-15(6-4-12)24(22,23)19-10-13-7-8-18-20(13)14(11-19)9-16(21)17-2/h3-8,14H,9-11H2,1-2H3,(H,17,21)/t14-/m0/s1. The first-order valence-corrected chi connectivity index (χ1v) is 9.15. The molecule has 1 amide bonds. The van der Waals surface area contributed by atoms with Gasteiger partial charge in [0.25, 0.3) is 0 Å². The van der Waals surface area contributed by atoms with Crippen molar-refractivity contribution in [1.82, 2.24) is 19.4 Å². The number of hydrogen-bond donors (Lipinski definition) is 1. The number of sulfonamides is 1. The summed E-state index contributed by atoms with van der Waals surface area (Å²) in [7, 11) is -2.05. The molecule has 1 N–H and O–H groups in total. The van der Waals surface area contributed by atoms with Crippen molar-refractivity contribution in [3.05, 3.63) is 47.8 Å². The molecule has 0 saturated carbocycles. The number of carbonyl (C=O) groups is 1. The van der Waals surface area contributed by atoms with Crippen LogP contribution in [-0.2, 0) is 21.4 Å². The molecule has 1 atom stereocenters. The summed E-state index contributed by atoms with van der Waals surface area (Å²) in [6.45, 7) is 2.38. The molecule has 3 rings (SSSR count). The van der Waals surface area contributed by atoms with Gasteiger partial charge < -0.3 is 5.32 Å². The zero-order valence-electron chi connectivity index (χ0n) is 13.6. The molecule has 1 aliphatic heterocycles. The summed E-state index contributed by atoms with van der Waals surface area (Å²) in [6.07, 6.45) is 1.82. The van der Waals surface area contributed by atoms with E-state index in [0.29, 0.717) is 0 Å². The van der Waals surface area contributed by atoms with Crippen molar-refractivity contribution in [2.24, 2.45) is 0 Å². The number of benzene rings is 1. The maximum absolute atomic E-state index is 12.9. The van der Waals surface area contributed by atoms with Gasteiger partial charge in [0.15, 0.2) is 0 Å². The van der Waals surface area contributed by atoms with Crippen LogP contribution < -0.4 is 5.32 Å². The van der Waals surface area contributed by atoms with Crippen molar-refractivity contribution < 1.29 is 13.2 Å². The minimum Gasteiger partial charge on any atom is -0.359 e. The summed E-state index contributed by atoms with van der Waals surface area (Å²) < 4.78 is 29.0. The van der Waals surface area contributed by atoms with Gasteiger partial charge in [-0.25, -0.2) is 8.42 Å². The van der Waals surface area contributed by atoms with E-state index in [1.807, 2.05) is 6.92 Å². The highest BCUT2D eigenvalue weighted by Crippen LogP contribution is 2.28. The first-order valence-electron chi connectivity index (χ1n) is 7.71. The first-order chi connectivity index (χ1) is 11.4. The molecule has 1 aromatic heterocycles. The number of aromatic nitrogens is 2. The maximum Gasteiger partial charge on any atom is 0.243 e. The zero-order chi connectivity index (χ0) is 17.3. The van der Waals surface area contributed by atoms with Crippen molar-refractivity contribution >= 4 is 15.9 Å². The van der Waals surface area contributed by atoms with Crippen molar-refractivity contribution in [3.8, 4) is 0 Å². The molecule has 7 nitrogen and oxygen atoms in total. The van der Waals surface area contributed by atoms with Crippen LogP contribution in [0.1, 0.15) is 23.7 Å². The highest BCUT2D eigenvalue weighted by Gasteiger charge is 2.34. The van der Waals surface area contributed by atoms with Gasteiger partial charge in [0, 0.05) is 19.8 Å². The predicted octanol–water partition coefficient (Wildman–Crippen LogP) is 1.07. The van der Waals surface area contributed by atoms with Crippen LogP contribution in [-0.4, -0.2) is 42.0 Å². The van der Waals surface area contributed by atoms with Gasteiger partial charge in [-0.3, -0.25) is 9.48 Å². The topological polar surface area (TPSA) is 84.3 Å². The molecule has 24 heavy (non-hydrogen) atoms. The third-order valence-corrected chi connectivity index (χ3v) is 6.04. The molecule has 0 saturated heterocycles. The summed E-state index contributed by atoms with van der Waals surface area (Å²) in [6, 6.07) is 8.26. The lowest BCUT2D eigenvalue weighted by Gasteiger charge is -2.32.